The van der Waals surface area contributed by atoms with Gasteiger partial charge in [-0.05, 0) is 112 Å². The van der Waals surface area contributed by atoms with Crippen molar-refractivity contribution in [2.24, 2.45) is 0 Å². The molecule has 15 rings (SSSR count). The number of nitrogens with zero attached hydrogens (tertiary/aromatic N) is 4. The van der Waals surface area contributed by atoms with E-state index in [2.05, 4.69) is 223 Å². The molecule has 338 valence electrons. The molecule has 5 nitrogen and oxygen atoms in total. The Bertz CT molecular complexity index is 4450. The predicted octanol–water partition coefficient (Wildman–Crippen LogP) is 17.5. The molecular weight excluding hydrogens is 877 g/mol. The van der Waals surface area contributed by atoms with Crippen molar-refractivity contribution in [3.8, 4) is 67.5 Å². The zero-order valence-corrected chi connectivity index (χ0v) is 39.6. The third-order valence-corrected chi connectivity index (χ3v) is 15.3. The molecule has 0 bridgehead atoms. The molecule has 5 heteroatoms. The van der Waals surface area contributed by atoms with Gasteiger partial charge in [-0.15, -0.1) is 0 Å². The summed E-state index contributed by atoms with van der Waals surface area (Å²) in [7, 11) is 0. The highest BCUT2D eigenvalue weighted by molar-refractivity contribution is 6.18. The first-order valence-electron chi connectivity index (χ1n) is 24.7. The highest BCUT2D eigenvalue weighted by atomic mass is 16.3. The summed E-state index contributed by atoms with van der Waals surface area (Å²) in [6.07, 6.45) is 0. The topological polar surface area (TPSA) is 48.8 Å². The van der Waals surface area contributed by atoms with Crippen LogP contribution in [0.5, 0.6) is 0 Å². The number of rotatable bonds is 6. The van der Waals surface area contributed by atoms with Gasteiger partial charge in [0.15, 0.2) is 5.82 Å². The first-order valence-corrected chi connectivity index (χ1v) is 24.7. The first kappa shape index (κ1) is 40.6. The molecule has 0 radical (unpaired) electrons. The molecule has 0 saturated carbocycles. The molecule has 0 N–H and O–H groups in total. The average Bonchev–Trinajstić information content (AvgIpc) is 4.14. The molecular formula is C67H44N4O. The van der Waals surface area contributed by atoms with E-state index in [4.69, 9.17) is 14.4 Å². The Morgan fingerprint density at radius 1 is 0.333 bits per heavy atom. The minimum atomic E-state index is -0.178. The van der Waals surface area contributed by atoms with E-state index in [1.54, 1.807) is 0 Å². The molecule has 0 aliphatic heterocycles. The molecule has 72 heavy (non-hydrogen) atoms. The summed E-state index contributed by atoms with van der Waals surface area (Å²) in [5, 5.41) is 7.13. The van der Waals surface area contributed by atoms with Crippen molar-refractivity contribution in [2.75, 3.05) is 0 Å². The van der Waals surface area contributed by atoms with Gasteiger partial charge in [0.05, 0.1) is 33.5 Å². The number of para-hydroxylation sites is 3. The Morgan fingerprint density at radius 2 is 0.875 bits per heavy atom. The Balaban J connectivity index is 0.883. The lowest BCUT2D eigenvalue weighted by Crippen LogP contribution is -2.15. The van der Waals surface area contributed by atoms with Crippen LogP contribution in [0.3, 0.4) is 0 Å². The summed E-state index contributed by atoms with van der Waals surface area (Å²) >= 11 is 0. The molecule has 1 aliphatic rings. The van der Waals surface area contributed by atoms with Crippen LogP contribution >= 0.6 is 0 Å². The smallest absolute Gasteiger partial charge is 0.160 e. The fourth-order valence-corrected chi connectivity index (χ4v) is 11.8. The Morgan fingerprint density at radius 3 is 1.64 bits per heavy atom. The summed E-state index contributed by atoms with van der Waals surface area (Å²) in [6.45, 7) is 4.76. The molecule has 4 heterocycles. The minimum Gasteiger partial charge on any atom is -0.456 e. The van der Waals surface area contributed by atoms with E-state index in [0.29, 0.717) is 5.82 Å². The van der Waals surface area contributed by atoms with Crippen molar-refractivity contribution in [3.63, 3.8) is 0 Å². The second kappa shape index (κ2) is 15.3. The fraction of sp³-hybridized carbons (Fsp3) is 0.0448. The highest BCUT2D eigenvalue weighted by Crippen LogP contribution is 2.52. The molecule has 10 aromatic carbocycles. The molecule has 0 spiro atoms. The highest BCUT2D eigenvalue weighted by Gasteiger charge is 2.37. The van der Waals surface area contributed by atoms with E-state index in [9.17, 15) is 0 Å². The third-order valence-electron chi connectivity index (χ3n) is 15.3. The molecule has 4 aromatic heterocycles. The summed E-state index contributed by atoms with van der Waals surface area (Å²) in [5.74, 6) is 0.699. The van der Waals surface area contributed by atoms with Gasteiger partial charge in [0.1, 0.15) is 11.2 Å². The Kier molecular flexibility index (Phi) is 8.64. The van der Waals surface area contributed by atoms with Crippen molar-refractivity contribution in [2.45, 2.75) is 19.3 Å². The number of furan rings is 1. The van der Waals surface area contributed by atoms with Crippen LogP contribution in [0.25, 0.3) is 133 Å². The maximum Gasteiger partial charge on any atom is 0.160 e. The van der Waals surface area contributed by atoms with Gasteiger partial charge in [-0.1, -0.05) is 159 Å². The van der Waals surface area contributed by atoms with Crippen LogP contribution in [0.4, 0.5) is 0 Å². The van der Waals surface area contributed by atoms with Crippen LogP contribution in [-0.4, -0.2) is 19.1 Å². The SMILES string of the molecule is CC1(C)c2ccc(-c3ccc4c(c3)c3cc5c(cc3n4-c3ccc(-c4cc(-c6ccccc6)nc(-c6ccccc6)n4)cc3)oc3ccccc35)cc2-c2cc3c4ccccc4n(-c4ccccc4)c3cc21. The standard InChI is InChI=1S/C67H44N4O/c1-67(2)56-32-28-44(34-50(56)51-36-53-48-22-12-14-24-60(48)70(62(53)38-57(51)67)46-20-10-5-11-21-46)45-29-33-61-52(35-45)54-37-55-49-23-13-15-25-64(49)72-65(55)40-63(54)71(61)47-30-26-42(27-31-47)59-39-58(41-16-6-3-7-17-41)68-66(69-59)43-18-8-4-9-19-43/h3-40H,1-2H3. The van der Waals surface area contributed by atoms with Crippen LogP contribution in [0.1, 0.15) is 25.0 Å². The third kappa shape index (κ3) is 6.07. The molecule has 0 amide bonds. The van der Waals surface area contributed by atoms with Gasteiger partial charge in [0, 0.05) is 71.9 Å². The van der Waals surface area contributed by atoms with Gasteiger partial charge in [-0.2, -0.15) is 0 Å². The Labute approximate surface area is 415 Å². The number of fused-ring (bicyclic) bond motifs is 12. The lowest BCUT2D eigenvalue weighted by molar-refractivity contribution is 0.661. The van der Waals surface area contributed by atoms with Crippen LogP contribution < -0.4 is 0 Å². The normalized spacial score (nSPS) is 13.0. The van der Waals surface area contributed by atoms with Crippen LogP contribution in [0.15, 0.2) is 235 Å². The number of hydrogen-bond donors (Lipinski definition) is 0. The zero-order chi connectivity index (χ0) is 47.7. The molecule has 0 saturated heterocycles. The van der Waals surface area contributed by atoms with E-state index in [0.717, 1.165) is 66.7 Å². The average molecular weight is 921 g/mol. The summed E-state index contributed by atoms with van der Waals surface area (Å²) in [6, 6.07) is 83.0. The van der Waals surface area contributed by atoms with Crippen LogP contribution in [-0.2, 0) is 5.41 Å². The molecule has 1 aliphatic carbocycles. The van der Waals surface area contributed by atoms with E-state index in [1.807, 2.05) is 30.3 Å². The summed E-state index contributed by atoms with van der Waals surface area (Å²) in [4.78, 5) is 10.2. The quantitative estimate of drug-likeness (QED) is 0.167. The van der Waals surface area contributed by atoms with E-state index in [-0.39, 0.29) is 5.41 Å². The van der Waals surface area contributed by atoms with Gasteiger partial charge < -0.3 is 13.6 Å². The molecule has 0 fully saturated rings. The zero-order valence-electron chi connectivity index (χ0n) is 39.6. The maximum absolute atomic E-state index is 6.55. The predicted molar refractivity (Wildman–Crippen MR) is 297 cm³/mol. The van der Waals surface area contributed by atoms with Crippen molar-refractivity contribution < 1.29 is 4.42 Å². The number of aromatic nitrogens is 4. The van der Waals surface area contributed by atoms with Gasteiger partial charge in [0.25, 0.3) is 0 Å². The van der Waals surface area contributed by atoms with Gasteiger partial charge in [0.2, 0.25) is 0 Å². The number of benzene rings is 10. The van der Waals surface area contributed by atoms with Crippen molar-refractivity contribution in [1.29, 1.82) is 0 Å². The second-order valence-corrected chi connectivity index (χ2v) is 19.8. The van der Waals surface area contributed by atoms with Gasteiger partial charge in [-0.25, -0.2) is 9.97 Å². The van der Waals surface area contributed by atoms with Crippen molar-refractivity contribution in [1.82, 2.24) is 19.1 Å². The summed E-state index contributed by atoms with van der Waals surface area (Å²) < 4.78 is 11.4. The Hall–Kier alpha value is -9.32. The fourth-order valence-electron chi connectivity index (χ4n) is 11.8. The van der Waals surface area contributed by atoms with E-state index >= 15 is 0 Å². The second-order valence-electron chi connectivity index (χ2n) is 19.8. The van der Waals surface area contributed by atoms with Crippen LogP contribution in [0, 0.1) is 0 Å². The monoisotopic (exact) mass is 920 g/mol. The van der Waals surface area contributed by atoms with E-state index < -0.39 is 0 Å². The first-order chi connectivity index (χ1) is 35.4. The van der Waals surface area contributed by atoms with Gasteiger partial charge in [-0.3, -0.25) is 0 Å². The summed E-state index contributed by atoms with van der Waals surface area (Å²) in [5.41, 5.74) is 21.0. The van der Waals surface area contributed by atoms with Crippen molar-refractivity contribution >= 4 is 65.6 Å². The van der Waals surface area contributed by atoms with E-state index in [1.165, 1.54) is 71.6 Å². The number of hydrogen-bond acceptors (Lipinski definition) is 3. The van der Waals surface area contributed by atoms with Crippen molar-refractivity contribution in [3.05, 3.63) is 242 Å². The molecule has 14 aromatic rings. The lowest BCUT2D eigenvalue weighted by Gasteiger charge is -2.22. The largest absolute Gasteiger partial charge is 0.456 e. The maximum atomic E-state index is 6.55. The minimum absolute atomic E-state index is 0.178. The molecule has 0 unspecified atom stereocenters. The van der Waals surface area contributed by atoms with Crippen LogP contribution in [0.2, 0.25) is 0 Å². The molecule has 0 atom stereocenters. The lowest BCUT2D eigenvalue weighted by atomic mass is 9.82. The van der Waals surface area contributed by atoms with Gasteiger partial charge >= 0.3 is 0 Å².